The van der Waals surface area contributed by atoms with Crippen LogP contribution in [0.1, 0.15) is 72.1 Å². The first kappa shape index (κ1) is 42.5. The molecule has 0 bridgehead atoms. The molecule has 2 saturated heterocycles. The molecule has 2 heterocycles. The van der Waals surface area contributed by atoms with Gasteiger partial charge in [-0.2, -0.15) is 0 Å². The molecule has 12 nitrogen and oxygen atoms in total. The fraction of sp³-hybridized carbons (Fsp3) is 0.579. The van der Waals surface area contributed by atoms with Gasteiger partial charge in [0, 0.05) is 87.2 Å². The molecular weight excluding hydrogens is 707 g/mol. The van der Waals surface area contributed by atoms with Crippen LogP contribution < -0.4 is 11.5 Å². The number of carbonyl (C=O) groups is 6. The Kier molecular flexibility index (Phi) is 16.6. The molecule has 0 radical (unpaired) electrons. The van der Waals surface area contributed by atoms with Crippen LogP contribution in [0.3, 0.4) is 0 Å². The number of carbonyl (C=O) groups excluding carboxylic acids is 6. The Morgan fingerprint density at radius 2 is 0.808 bits per heavy atom. The third kappa shape index (κ3) is 10.8. The molecule has 2 saturated carbocycles. The third-order valence-corrected chi connectivity index (χ3v) is 10.8. The van der Waals surface area contributed by atoms with Gasteiger partial charge in [0.15, 0.2) is 0 Å². The first-order valence-electron chi connectivity index (χ1n) is 18.0. The van der Waals surface area contributed by atoms with E-state index in [0.29, 0.717) is 77.3 Å². The number of rotatable bonds is 6. The number of halogens is 2. The van der Waals surface area contributed by atoms with Crippen molar-refractivity contribution in [3.05, 3.63) is 35.4 Å². The maximum Gasteiger partial charge on any atom is 0.299 e. The zero-order valence-electron chi connectivity index (χ0n) is 29.6. The number of amides is 4. The van der Waals surface area contributed by atoms with Crippen molar-refractivity contribution in [2.45, 2.75) is 51.4 Å². The van der Waals surface area contributed by atoms with Crippen molar-refractivity contribution >= 4 is 60.0 Å². The van der Waals surface area contributed by atoms with E-state index in [4.69, 9.17) is 11.5 Å². The van der Waals surface area contributed by atoms with Gasteiger partial charge in [-0.3, -0.25) is 28.8 Å². The Morgan fingerprint density at radius 1 is 0.500 bits per heavy atom. The predicted octanol–water partition coefficient (Wildman–Crippen LogP) is 1.77. The molecule has 5 rings (SSSR count). The number of benzene rings is 1. The smallest absolute Gasteiger partial charge is 0.299 e. The Hall–Kier alpha value is -3.94. The number of nitrogens with two attached hydrogens (primary N) is 2. The summed E-state index contributed by atoms with van der Waals surface area (Å²) in [6.07, 6.45) is 7.24. The molecule has 2 aliphatic heterocycles. The highest BCUT2D eigenvalue weighted by Crippen LogP contribution is 2.31. The lowest BCUT2D eigenvalue weighted by Crippen LogP contribution is -2.52. The number of ketones is 2. The molecule has 14 heteroatoms. The van der Waals surface area contributed by atoms with Crippen LogP contribution in [0.15, 0.2) is 24.3 Å². The molecule has 0 aromatic heterocycles. The number of nitrogens with zero attached hydrogens (tertiary/aromatic N) is 4. The van der Waals surface area contributed by atoms with Gasteiger partial charge in [-0.05, 0) is 100 Å². The number of hydrogen-bond donors (Lipinski definition) is 2. The Balaban J connectivity index is 0.00000364. The highest BCUT2D eigenvalue weighted by Gasteiger charge is 2.33. The fourth-order valence-electron chi connectivity index (χ4n) is 7.46. The van der Waals surface area contributed by atoms with Crippen LogP contribution in [-0.4, -0.2) is 120 Å². The van der Waals surface area contributed by atoms with Crippen LogP contribution in [0, 0.1) is 47.4 Å². The molecule has 52 heavy (non-hydrogen) atoms. The van der Waals surface area contributed by atoms with Gasteiger partial charge >= 0.3 is 0 Å². The van der Waals surface area contributed by atoms with Crippen LogP contribution >= 0.6 is 24.8 Å². The van der Waals surface area contributed by atoms with E-state index in [2.05, 4.69) is 23.7 Å². The van der Waals surface area contributed by atoms with Crippen molar-refractivity contribution in [3.8, 4) is 23.7 Å². The largest absolute Gasteiger partial charge is 0.339 e. The van der Waals surface area contributed by atoms with Gasteiger partial charge in [0.1, 0.15) is 0 Å². The summed E-state index contributed by atoms with van der Waals surface area (Å²) in [7, 11) is 0. The second kappa shape index (κ2) is 20.3. The molecule has 0 unspecified atom stereocenters. The number of piperazine rings is 2. The summed E-state index contributed by atoms with van der Waals surface area (Å²) in [4.78, 5) is 84.3. The average molecular weight is 758 g/mol. The van der Waals surface area contributed by atoms with Gasteiger partial charge in [0.2, 0.25) is 23.4 Å². The maximum atomic E-state index is 13.0. The minimum atomic E-state index is -0.713. The summed E-state index contributed by atoms with van der Waals surface area (Å²) >= 11 is 0. The maximum absolute atomic E-state index is 13.0. The second-order valence-electron chi connectivity index (χ2n) is 13.8. The van der Waals surface area contributed by atoms with Gasteiger partial charge < -0.3 is 31.1 Å². The predicted molar refractivity (Wildman–Crippen MR) is 200 cm³/mol. The van der Waals surface area contributed by atoms with Gasteiger partial charge in [-0.15, -0.1) is 24.8 Å². The number of hydrogen-bond acceptors (Lipinski definition) is 8. The van der Waals surface area contributed by atoms with Crippen molar-refractivity contribution in [1.82, 2.24) is 19.6 Å². The van der Waals surface area contributed by atoms with E-state index < -0.39 is 23.4 Å². The van der Waals surface area contributed by atoms with Crippen molar-refractivity contribution < 1.29 is 28.8 Å². The SMILES string of the molecule is Cl.Cl.NCC1CCC(C(=O)N2CCN(C(=O)C#CC(=O)c3ccccc3C(=O)C#CC(=O)N3CCN(C(=O)C4CCC(CN)CC4)CC3)CC2)CC1. The summed E-state index contributed by atoms with van der Waals surface area (Å²) in [5, 5.41) is 0. The van der Waals surface area contributed by atoms with Gasteiger partial charge in [0.25, 0.3) is 11.8 Å². The zero-order chi connectivity index (χ0) is 35.6. The lowest BCUT2D eigenvalue weighted by Gasteiger charge is -2.37. The Labute approximate surface area is 318 Å². The minimum Gasteiger partial charge on any atom is -0.339 e. The molecule has 2 aliphatic carbocycles. The molecule has 1 aromatic carbocycles. The molecular formula is C38H50Cl2N6O6. The molecule has 1 aromatic rings. The molecule has 282 valence electrons. The van der Waals surface area contributed by atoms with Gasteiger partial charge in [0.05, 0.1) is 0 Å². The Morgan fingerprint density at radius 3 is 1.12 bits per heavy atom. The summed E-state index contributed by atoms with van der Waals surface area (Å²) in [5.74, 6) is 8.30. The summed E-state index contributed by atoms with van der Waals surface area (Å²) < 4.78 is 0. The van der Waals surface area contributed by atoms with Crippen LogP contribution in [-0.2, 0) is 19.2 Å². The molecule has 4 fully saturated rings. The minimum absolute atomic E-state index is 0. The van der Waals surface area contributed by atoms with E-state index in [1.54, 1.807) is 21.9 Å². The van der Waals surface area contributed by atoms with E-state index in [-0.39, 0.29) is 59.6 Å². The van der Waals surface area contributed by atoms with Crippen molar-refractivity contribution in [3.63, 3.8) is 0 Å². The van der Waals surface area contributed by atoms with E-state index in [1.165, 1.54) is 21.9 Å². The first-order chi connectivity index (χ1) is 24.2. The van der Waals surface area contributed by atoms with Crippen LogP contribution in [0.25, 0.3) is 0 Å². The highest BCUT2D eigenvalue weighted by molar-refractivity contribution is 6.21. The lowest BCUT2D eigenvalue weighted by atomic mass is 9.81. The van der Waals surface area contributed by atoms with E-state index in [1.807, 2.05) is 0 Å². The van der Waals surface area contributed by atoms with E-state index in [9.17, 15) is 28.8 Å². The van der Waals surface area contributed by atoms with Crippen LogP contribution in [0.4, 0.5) is 0 Å². The number of Topliss-reactive ketones (excluding diaryl/α,β-unsaturated/α-hetero) is 2. The molecule has 0 spiro atoms. The molecule has 4 N–H and O–H groups in total. The van der Waals surface area contributed by atoms with Crippen LogP contribution in [0.5, 0.6) is 0 Å². The lowest BCUT2D eigenvalue weighted by molar-refractivity contribution is -0.141. The quantitative estimate of drug-likeness (QED) is 0.252. The third-order valence-electron chi connectivity index (χ3n) is 10.8. The molecule has 0 atom stereocenters. The normalized spacial score (nSPS) is 23.0. The fourth-order valence-corrected chi connectivity index (χ4v) is 7.46. The van der Waals surface area contributed by atoms with Gasteiger partial charge in [-0.25, -0.2) is 0 Å². The first-order valence-corrected chi connectivity index (χ1v) is 18.0. The van der Waals surface area contributed by atoms with Crippen molar-refractivity contribution in [1.29, 1.82) is 0 Å². The monoisotopic (exact) mass is 756 g/mol. The topological polar surface area (TPSA) is 167 Å². The second-order valence-corrected chi connectivity index (χ2v) is 13.8. The molecule has 4 aliphatic rings. The highest BCUT2D eigenvalue weighted by atomic mass is 35.5. The summed E-state index contributed by atoms with van der Waals surface area (Å²) in [6.45, 7) is 4.26. The summed E-state index contributed by atoms with van der Waals surface area (Å²) in [6, 6.07) is 6.02. The van der Waals surface area contributed by atoms with E-state index in [0.717, 1.165) is 51.4 Å². The van der Waals surface area contributed by atoms with E-state index >= 15 is 0 Å². The molecule has 4 amide bonds. The average Bonchev–Trinajstić information content (AvgIpc) is 3.18. The van der Waals surface area contributed by atoms with Crippen LogP contribution in [0.2, 0.25) is 0 Å². The standard InChI is InChI=1S/C38H48N6O6.2ClH/c39-25-27-5-9-29(10-6-27)37(49)43-21-17-41(18-22-43)35(47)15-13-33(45)31-3-1-2-4-32(31)34(46)14-16-36(48)42-19-23-44(24-20-42)38(50)30-11-7-28(26-40)8-12-30;;/h1-4,27-30H,5-12,17-26,39-40H2;2*1H. The zero-order valence-corrected chi connectivity index (χ0v) is 31.2. The summed E-state index contributed by atoms with van der Waals surface area (Å²) in [5.41, 5.74) is 11.5. The van der Waals surface area contributed by atoms with Crippen molar-refractivity contribution in [2.75, 3.05) is 65.4 Å². The van der Waals surface area contributed by atoms with Gasteiger partial charge in [-0.1, -0.05) is 12.1 Å². The van der Waals surface area contributed by atoms with Crippen molar-refractivity contribution in [2.24, 2.45) is 35.1 Å². The Bertz CT molecular complexity index is 1470.